The van der Waals surface area contributed by atoms with Crippen LogP contribution in [0.25, 0.3) is 6.08 Å². The fourth-order valence-electron chi connectivity index (χ4n) is 3.89. The molecule has 0 fully saturated rings. The van der Waals surface area contributed by atoms with E-state index in [0.29, 0.717) is 51.7 Å². The van der Waals surface area contributed by atoms with Crippen LogP contribution in [0, 0.1) is 21.4 Å². The van der Waals surface area contributed by atoms with Gasteiger partial charge in [0.25, 0.3) is 11.6 Å². The van der Waals surface area contributed by atoms with Gasteiger partial charge in [-0.05, 0) is 94.2 Å². The molecule has 0 saturated carbocycles. The minimum Gasteiger partial charge on any atom is -0.490 e. The number of carbonyl (C=O) groups excluding carboxylic acids is 1. The molecule has 4 aromatic carbocycles. The number of nitrogens with one attached hydrogen (secondary N) is 1. The molecule has 43 heavy (non-hydrogen) atoms. The first-order valence-corrected chi connectivity index (χ1v) is 14.6. The second kappa shape index (κ2) is 15.0. The van der Waals surface area contributed by atoms with Crippen LogP contribution in [0.4, 0.5) is 11.4 Å². The second-order valence-corrected chi connectivity index (χ2v) is 10.8. The van der Waals surface area contributed by atoms with Gasteiger partial charge >= 0.3 is 0 Å². The number of anilines is 1. The van der Waals surface area contributed by atoms with E-state index in [1.165, 1.54) is 18.2 Å². The zero-order valence-electron chi connectivity index (χ0n) is 22.9. The number of nitrogens with zero attached hydrogens (tertiary/aromatic N) is 2. The summed E-state index contributed by atoms with van der Waals surface area (Å²) in [6, 6.07) is 26.1. The SMILES string of the molecule is CCOc1cc(/C=C(\C#N)C(=O)Nc2ccc(OCc3ccc(Br)cc3)cc2)cc(Br)c1OCc1cccc([N+](=O)[O-])c1. The first kappa shape index (κ1) is 31.3. The van der Waals surface area contributed by atoms with Gasteiger partial charge in [0.15, 0.2) is 11.5 Å². The molecule has 9 nitrogen and oxygen atoms in total. The Morgan fingerprint density at radius 3 is 2.35 bits per heavy atom. The Morgan fingerprint density at radius 1 is 0.953 bits per heavy atom. The first-order valence-electron chi connectivity index (χ1n) is 13.0. The molecule has 218 valence electrons. The van der Waals surface area contributed by atoms with E-state index in [-0.39, 0.29) is 17.9 Å². The number of amides is 1. The Bertz CT molecular complexity index is 1680. The number of nitro benzene ring substituents is 1. The van der Waals surface area contributed by atoms with Crippen LogP contribution >= 0.6 is 31.9 Å². The number of rotatable bonds is 12. The van der Waals surface area contributed by atoms with Crippen molar-refractivity contribution in [3.63, 3.8) is 0 Å². The predicted octanol–water partition coefficient (Wildman–Crippen LogP) is 8.22. The fraction of sp³-hybridized carbons (Fsp3) is 0.125. The lowest BCUT2D eigenvalue weighted by Crippen LogP contribution is -2.13. The van der Waals surface area contributed by atoms with E-state index in [9.17, 15) is 20.2 Å². The third-order valence-corrected chi connectivity index (χ3v) is 7.06. The summed E-state index contributed by atoms with van der Waals surface area (Å²) in [4.78, 5) is 23.5. The molecule has 0 atom stereocenters. The highest BCUT2D eigenvalue weighted by atomic mass is 79.9. The Hall–Kier alpha value is -4.66. The van der Waals surface area contributed by atoms with Gasteiger partial charge in [0, 0.05) is 22.3 Å². The summed E-state index contributed by atoms with van der Waals surface area (Å²) in [5.74, 6) is 0.824. The van der Waals surface area contributed by atoms with Gasteiger partial charge in [0.1, 0.15) is 30.6 Å². The maximum absolute atomic E-state index is 12.9. The van der Waals surface area contributed by atoms with Crippen LogP contribution in [0.15, 0.2) is 99.4 Å². The van der Waals surface area contributed by atoms with E-state index >= 15 is 0 Å². The molecule has 4 rings (SSSR count). The van der Waals surface area contributed by atoms with E-state index < -0.39 is 10.8 Å². The van der Waals surface area contributed by atoms with Gasteiger partial charge < -0.3 is 19.5 Å². The summed E-state index contributed by atoms with van der Waals surface area (Å²) in [5.41, 5.74) is 2.51. The van der Waals surface area contributed by atoms with Crippen LogP contribution in [0.1, 0.15) is 23.6 Å². The van der Waals surface area contributed by atoms with Crippen molar-refractivity contribution in [2.24, 2.45) is 0 Å². The Morgan fingerprint density at radius 2 is 1.67 bits per heavy atom. The van der Waals surface area contributed by atoms with Gasteiger partial charge in [-0.2, -0.15) is 5.26 Å². The molecule has 1 N–H and O–H groups in total. The van der Waals surface area contributed by atoms with Crippen molar-refractivity contribution in [1.82, 2.24) is 0 Å². The molecule has 0 spiro atoms. The molecule has 0 aromatic heterocycles. The maximum Gasteiger partial charge on any atom is 0.269 e. The highest BCUT2D eigenvalue weighted by molar-refractivity contribution is 9.10. The Balaban J connectivity index is 1.44. The summed E-state index contributed by atoms with van der Waals surface area (Å²) in [5, 5.41) is 23.5. The van der Waals surface area contributed by atoms with E-state index in [2.05, 4.69) is 37.2 Å². The summed E-state index contributed by atoms with van der Waals surface area (Å²) < 4.78 is 19.0. The molecule has 0 aliphatic heterocycles. The number of hydrogen-bond donors (Lipinski definition) is 1. The minimum absolute atomic E-state index is 0.0334. The van der Waals surface area contributed by atoms with Gasteiger partial charge in [0.2, 0.25) is 0 Å². The lowest BCUT2D eigenvalue weighted by atomic mass is 10.1. The normalized spacial score (nSPS) is 10.9. The highest BCUT2D eigenvalue weighted by Crippen LogP contribution is 2.38. The molecule has 0 aliphatic rings. The molecule has 1 amide bonds. The molecule has 0 radical (unpaired) electrons. The molecule has 11 heteroatoms. The van der Waals surface area contributed by atoms with Crippen molar-refractivity contribution in [2.75, 3.05) is 11.9 Å². The monoisotopic (exact) mass is 705 g/mol. The van der Waals surface area contributed by atoms with Crippen molar-refractivity contribution in [2.45, 2.75) is 20.1 Å². The zero-order chi connectivity index (χ0) is 30.8. The number of hydrogen-bond acceptors (Lipinski definition) is 7. The average molecular weight is 707 g/mol. The molecular weight excluding hydrogens is 682 g/mol. The molecule has 0 saturated heterocycles. The molecule has 0 bridgehead atoms. The maximum atomic E-state index is 12.9. The van der Waals surface area contributed by atoms with E-state index in [1.807, 2.05) is 37.3 Å². The molecule has 0 heterocycles. The van der Waals surface area contributed by atoms with Crippen LogP contribution in [-0.4, -0.2) is 17.4 Å². The molecular formula is C32H25Br2N3O6. The van der Waals surface area contributed by atoms with Gasteiger partial charge in [-0.25, -0.2) is 0 Å². The molecule has 4 aromatic rings. The van der Waals surface area contributed by atoms with Crippen LogP contribution < -0.4 is 19.5 Å². The van der Waals surface area contributed by atoms with Crippen LogP contribution in [0.2, 0.25) is 0 Å². The second-order valence-electron chi connectivity index (χ2n) is 9.04. The zero-order valence-corrected chi connectivity index (χ0v) is 26.1. The fourth-order valence-corrected chi connectivity index (χ4v) is 4.72. The van der Waals surface area contributed by atoms with Crippen molar-refractivity contribution in [1.29, 1.82) is 5.26 Å². The number of non-ortho nitro benzene ring substituents is 1. The van der Waals surface area contributed by atoms with Crippen molar-refractivity contribution in [3.05, 3.63) is 126 Å². The smallest absolute Gasteiger partial charge is 0.269 e. The number of nitro groups is 1. The van der Waals surface area contributed by atoms with Crippen molar-refractivity contribution >= 4 is 55.2 Å². The lowest BCUT2D eigenvalue weighted by molar-refractivity contribution is -0.384. The summed E-state index contributed by atoms with van der Waals surface area (Å²) in [6.07, 6.45) is 1.45. The molecule has 0 aliphatic carbocycles. The Labute approximate surface area is 265 Å². The van der Waals surface area contributed by atoms with Crippen molar-refractivity contribution < 1.29 is 23.9 Å². The summed E-state index contributed by atoms with van der Waals surface area (Å²) >= 11 is 6.89. The van der Waals surface area contributed by atoms with Gasteiger partial charge in [-0.3, -0.25) is 14.9 Å². The topological polar surface area (TPSA) is 124 Å². The van der Waals surface area contributed by atoms with Crippen LogP contribution in [0.3, 0.4) is 0 Å². The summed E-state index contributed by atoms with van der Waals surface area (Å²) in [6.45, 7) is 2.61. The third kappa shape index (κ3) is 8.91. The largest absolute Gasteiger partial charge is 0.490 e. The van der Waals surface area contributed by atoms with E-state index in [4.69, 9.17) is 14.2 Å². The number of nitriles is 1. The number of benzene rings is 4. The van der Waals surface area contributed by atoms with Gasteiger partial charge in [-0.15, -0.1) is 0 Å². The summed E-state index contributed by atoms with van der Waals surface area (Å²) in [7, 11) is 0. The quantitative estimate of drug-likeness (QED) is 0.0681. The standard InChI is InChI=1S/C32H25Br2N3O6/c1-2-41-30-17-23(16-29(34)31(30)43-20-22-4-3-5-27(15-22)37(39)40)14-24(18-35)32(38)36-26-10-12-28(13-11-26)42-19-21-6-8-25(33)9-7-21/h3-17H,2,19-20H2,1H3,(H,36,38)/b24-14+. The first-order chi connectivity index (χ1) is 20.7. The van der Waals surface area contributed by atoms with Crippen LogP contribution in [-0.2, 0) is 18.0 Å². The third-order valence-electron chi connectivity index (χ3n) is 5.94. The van der Waals surface area contributed by atoms with E-state index in [0.717, 1.165) is 10.0 Å². The highest BCUT2D eigenvalue weighted by Gasteiger charge is 2.16. The predicted molar refractivity (Wildman–Crippen MR) is 170 cm³/mol. The van der Waals surface area contributed by atoms with Crippen LogP contribution in [0.5, 0.6) is 17.2 Å². The number of halogens is 2. The Kier molecular flexibility index (Phi) is 10.9. The van der Waals surface area contributed by atoms with E-state index in [1.54, 1.807) is 48.5 Å². The van der Waals surface area contributed by atoms with Crippen molar-refractivity contribution in [3.8, 4) is 23.3 Å². The number of carbonyl (C=O) groups is 1. The number of ether oxygens (including phenoxy) is 3. The average Bonchev–Trinajstić information content (AvgIpc) is 3.00. The lowest BCUT2D eigenvalue weighted by Gasteiger charge is -2.15. The minimum atomic E-state index is -0.578. The van der Waals surface area contributed by atoms with Gasteiger partial charge in [0.05, 0.1) is 16.0 Å². The van der Waals surface area contributed by atoms with Gasteiger partial charge in [-0.1, -0.05) is 40.2 Å². The molecule has 0 unspecified atom stereocenters.